The summed E-state index contributed by atoms with van der Waals surface area (Å²) >= 11 is 0. The molecule has 0 N–H and O–H groups in total. The van der Waals surface area contributed by atoms with Gasteiger partial charge >= 0.3 is 0 Å². The van der Waals surface area contributed by atoms with Gasteiger partial charge in [0.1, 0.15) is 12.4 Å². The van der Waals surface area contributed by atoms with Crippen molar-refractivity contribution in [3.63, 3.8) is 0 Å². The molecule has 0 aliphatic heterocycles. The molecule has 0 aromatic heterocycles. The molecule has 0 spiro atoms. The Hall–Kier alpha value is -1.80. The minimum atomic E-state index is 0.207. The zero-order valence-electron chi connectivity index (χ0n) is 13.8. The standard InChI is InChI=1S/C20H26O2/c1-20(2,3)16-21-13-14-22-19-11-9-18(10-12-19)15-17-7-5-4-6-8-17/h4-12H,13-16H2,1-3H3. The minimum absolute atomic E-state index is 0.207. The van der Waals surface area contributed by atoms with Crippen LogP contribution >= 0.6 is 0 Å². The first-order valence-electron chi connectivity index (χ1n) is 7.86. The molecule has 0 aliphatic carbocycles. The van der Waals surface area contributed by atoms with E-state index in [4.69, 9.17) is 9.47 Å². The first kappa shape index (κ1) is 16.6. The summed E-state index contributed by atoms with van der Waals surface area (Å²) in [5, 5.41) is 0. The smallest absolute Gasteiger partial charge is 0.119 e. The Balaban J connectivity index is 1.73. The van der Waals surface area contributed by atoms with Crippen molar-refractivity contribution in [1.29, 1.82) is 0 Å². The molecule has 0 saturated carbocycles. The van der Waals surface area contributed by atoms with Crippen molar-refractivity contribution < 1.29 is 9.47 Å². The van der Waals surface area contributed by atoms with Gasteiger partial charge in [0, 0.05) is 0 Å². The summed E-state index contributed by atoms with van der Waals surface area (Å²) < 4.78 is 11.3. The van der Waals surface area contributed by atoms with Gasteiger partial charge in [-0.1, -0.05) is 63.2 Å². The predicted octanol–water partition coefficient (Wildman–Crippen LogP) is 4.72. The average molecular weight is 298 g/mol. The molecule has 0 heterocycles. The first-order valence-corrected chi connectivity index (χ1v) is 7.86. The lowest BCUT2D eigenvalue weighted by molar-refractivity contribution is 0.0514. The Kier molecular flexibility index (Phi) is 6.02. The Morgan fingerprint density at radius 1 is 0.773 bits per heavy atom. The van der Waals surface area contributed by atoms with E-state index in [2.05, 4.69) is 57.2 Å². The fourth-order valence-electron chi connectivity index (χ4n) is 2.13. The highest BCUT2D eigenvalue weighted by molar-refractivity contribution is 5.31. The van der Waals surface area contributed by atoms with E-state index in [1.165, 1.54) is 11.1 Å². The van der Waals surface area contributed by atoms with Crippen molar-refractivity contribution >= 4 is 0 Å². The molecule has 0 saturated heterocycles. The van der Waals surface area contributed by atoms with Crippen LogP contribution in [-0.4, -0.2) is 19.8 Å². The van der Waals surface area contributed by atoms with Gasteiger partial charge in [0.25, 0.3) is 0 Å². The summed E-state index contributed by atoms with van der Waals surface area (Å²) in [6, 6.07) is 18.8. The minimum Gasteiger partial charge on any atom is -0.491 e. The van der Waals surface area contributed by atoms with Gasteiger partial charge in [-0.25, -0.2) is 0 Å². The molecular formula is C20H26O2. The van der Waals surface area contributed by atoms with Gasteiger partial charge in [0.2, 0.25) is 0 Å². The topological polar surface area (TPSA) is 18.5 Å². The average Bonchev–Trinajstić information content (AvgIpc) is 2.48. The maximum absolute atomic E-state index is 5.70. The summed E-state index contributed by atoms with van der Waals surface area (Å²) in [5.41, 5.74) is 2.83. The molecule has 22 heavy (non-hydrogen) atoms. The van der Waals surface area contributed by atoms with Gasteiger partial charge in [-0.15, -0.1) is 0 Å². The van der Waals surface area contributed by atoms with Gasteiger partial charge in [-0.2, -0.15) is 0 Å². The Morgan fingerprint density at radius 3 is 2.05 bits per heavy atom. The number of hydrogen-bond donors (Lipinski definition) is 0. The number of hydrogen-bond acceptors (Lipinski definition) is 2. The fourth-order valence-corrected chi connectivity index (χ4v) is 2.13. The maximum atomic E-state index is 5.70. The second-order valence-electron chi connectivity index (χ2n) is 6.77. The van der Waals surface area contributed by atoms with Crippen LogP contribution < -0.4 is 4.74 Å². The summed E-state index contributed by atoms with van der Waals surface area (Å²) in [5.74, 6) is 0.899. The van der Waals surface area contributed by atoms with Gasteiger partial charge in [0.05, 0.1) is 13.2 Å². The Labute approximate surface area is 134 Å². The van der Waals surface area contributed by atoms with Crippen molar-refractivity contribution in [3.05, 3.63) is 65.7 Å². The first-order chi connectivity index (χ1) is 10.5. The van der Waals surface area contributed by atoms with Crippen LogP contribution in [0.25, 0.3) is 0 Å². The lowest BCUT2D eigenvalue weighted by Crippen LogP contribution is -2.17. The molecule has 0 amide bonds. The van der Waals surface area contributed by atoms with E-state index in [0.29, 0.717) is 13.2 Å². The molecule has 0 aliphatic rings. The zero-order chi connectivity index (χ0) is 15.8. The highest BCUT2D eigenvalue weighted by Crippen LogP contribution is 2.16. The molecule has 2 aromatic carbocycles. The van der Waals surface area contributed by atoms with Crippen molar-refractivity contribution in [1.82, 2.24) is 0 Å². The molecular weight excluding hydrogens is 272 g/mol. The third-order valence-corrected chi connectivity index (χ3v) is 3.21. The molecule has 2 rings (SSSR count). The maximum Gasteiger partial charge on any atom is 0.119 e. The number of benzene rings is 2. The SMILES string of the molecule is CC(C)(C)COCCOc1ccc(Cc2ccccc2)cc1. The predicted molar refractivity (Wildman–Crippen MR) is 91.5 cm³/mol. The van der Waals surface area contributed by atoms with Gasteiger partial charge in [0.15, 0.2) is 0 Å². The third-order valence-electron chi connectivity index (χ3n) is 3.21. The molecule has 0 fully saturated rings. The fraction of sp³-hybridized carbons (Fsp3) is 0.400. The third kappa shape index (κ3) is 6.31. The van der Waals surface area contributed by atoms with Crippen LogP contribution in [0.5, 0.6) is 5.75 Å². The van der Waals surface area contributed by atoms with Gasteiger partial charge in [-0.3, -0.25) is 0 Å². The molecule has 2 nitrogen and oxygen atoms in total. The van der Waals surface area contributed by atoms with Crippen LogP contribution in [0.3, 0.4) is 0 Å². The van der Waals surface area contributed by atoms with E-state index >= 15 is 0 Å². The van der Waals surface area contributed by atoms with E-state index < -0.39 is 0 Å². The monoisotopic (exact) mass is 298 g/mol. The largest absolute Gasteiger partial charge is 0.491 e. The molecule has 0 unspecified atom stereocenters. The van der Waals surface area contributed by atoms with E-state index in [1.54, 1.807) is 0 Å². The molecule has 0 bridgehead atoms. The molecule has 118 valence electrons. The Morgan fingerprint density at radius 2 is 1.41 bits per heavy atom. The normalized spacial score (nSPS) is 11.4. The molecule has 2 heteroatoms. The quantitative estimate of drug-likeness (QED) is 0.689. The van der Waals surface area contributed by atoms with Crippen LogP contribution in [0, 0.1) is 5.41 Å². The highest BCUT2D eigenvalue weighted by atomic mass is 16.5. The summed E-state index contributed by atoms with van der Waals surface area (Å²) in [6.45, 7) is 8.47. The van der Waals surface area contributed by atoms with E-state index in [-0.39, 0.29) is 5.41 Å². The number of ether oxygens (including phenoxy) is 2. The van der Waals surface area contributed by atoms with Crippen LogP contribution in [0.15, 0.2) is 54.6 Å². The lowest BCUT2D eigenvalue weighted by Gasteiger charge is -2.18. The summed E-state index contributed by atoms with van der Waals surface area (Å²) in [6.07, 6.45) is 0.954. The molecule has 0 radical (unpaired) electrons. The van der Waals surface area contributed by atoms with Crippen molar-refractivity contribution in [2.45, 2.75) is 27.2 Å². The van der Waals surface area contributed by atoms with E-state index in [0.717, 1.165) is 18.8 Å². The summed E-state index contributed by atoms with van der Waals surface area (Å²) in [7, 11) is 0. The highest BCUT2D eigenvalue weighted by Gasteiger charge is 2.09. The second-order valence-corrected chi connectivity index (χ2v) is 6.77. The van der Waals surface area contributed by atoms with E-state index in [9.17, 15) is 0 Å². The van der Waals surface area contributed by atoms with Crippen LogP contribution in [-0.2, 0) is 11.2 Å². The Bertz CT molecular complexity index is 538. The van der Waals surface area contributed by atoms with Crippen LogP contribution in [0.1, 0.15) is 31.9 Å². The summed E-state index contributed by atoms with van der Waals surface area (Å²) in [4.78, 5) is 0. The zero-order valence-corrected chi connectivity index (χ0v) is 13.8. The van der Waals surface area contributed by atoms with E-state index in [1.807, 2.05) is 18.2 Å². The van der Waals surface area contributed by atoms with Crippen LogP contribution in [0.4, 0.5) is 0 Å². The van der Waals surface area contributed by atoms with Gasteiger partial charge in [-0.05, 0) is 35.1 Å². The molecule has 2 aromatic rings. The van der Waals surface area contributed by atoms with Crippen molar-refractivity contribution in [2.24, 2.45) is 5.41 Å². The lowest BCUT2D eigenvalue weighted by atomic mass is 9.99. The molecule has 0 atom stereocenters. The van der Waals surface area contributed by atoms with Crippen molar-refractivity contribution in [3.8, 4) is 5.75 Å². The second kappa shape index (κ2) is 8.00. The van der Waals surface area contributed by atoms with Gasteiger partial charge < -0.3 is 9.47 Å². The van der Waals surface area contributed by atoms with Crippen molar-refractivity contribution in [2.75, 3.05) is 19.8 Å². The van der Waals surface area contributed by atoms with Crippen LogP contribution in [0.2, 0.25) is 0 Å². The number of rotatable bonds is 7.